The minimum atomic E-state index is -1.04. The number of nitrogens with zero attached hydrogens (tertiary/aromatic N) is 2. The first-order chi connectivity index (χ1) is 25.3. The molecule has 1 aliphatic carbocycles. The Labute approximate surface area is 307 Å². The molecule has 0 spiro atoms. The molecule has 1 unspecified atom stereocenters. The Kier molecular flexibility index (Phi) is 10.7. The molecule has 1 aliphatic heterocycles. The summed E-state index contributed by atoms with van der Waals surface area (Å²) in [4.78, 5) is 74.1. The fraction of sp³-hybridized carbons (Fsp3) is 0.325. The van der Waals surface area contributed by atoms with Gasteiger partial charge in [0.1, 0.15) is 12.1 Å². The lowest BCUT2D eigenvalue weighted by Gasteiger charge is -2.23. The SMILES string of the molecule is Cc1cc2cc(c1NC(=O)[C@H](CCN)NC(=O)c1cnc(-c3ccc(C4(C)CC4)cc3)nc1C)-c1cccc(c1)CC(=O)NCC(=O)NC(C(N)=O)C2. The summed E-state index contributed by atoms with van der Waals surface area (Å²) in [7, 11) is 0. The fourth-order valence-electron chi connectivity index (χ4n) is 6.56. The first-order valence-corrected chi connectivity index (χ1v) is 17.7. The second-order valence-corrected chi connectivity index (χ2v) is 14.1. The zero-order chi connectivity index (χ0) is 37.9. The average Bonchev–Trinajstić information content (AvgIpc) is 3.89. The molecule has 274 valence electrons. The van der Waals surface area contributed by atoms with E-state index < -0.39 is 35.7 Å². The summed E-state index contributed by atoms with van der Waals surface area (Å²) in [5.74, 6) is -2.17. The number of aryl methyl sites for hydroxylation is 2. The molecule has 4 bridgehead atoms. The van der Waals surface area contributed by atoms with Crippen molar-refractivity contribution in [3.63, 3.8) is 0 Å². The minimum absolute atomic E-state index is 0.00121. The van der Waals surface area contributed by atoms with Gasteiger partial charge in [0, 0.05) is 23.7 Å². The van der Waals surface area contributed by atoms with Crippen LogP contribution in [0.2, 0.25) is 0 Å². The number of hydrogen-bond donors (Lipinski definition) is 6. The lowest BCUT2D eigenvalue weighted by atomic mass is 9.93. The van der Waals surface area contributed by atoms with Gasteiger partial charge in [0.05, 0.1) is 29.9 Å². The summed E-state index contributed by atoms with van der Waals surface area (Å²) in [6.45, 7) is 5.60. The topological polar surface area (TPSA) is 211 Å². The maximum Gasteiger partial charge on any atom is 0.255 e. The van der Waals surface area contributed by atoms with Gasteiger partial charge in [-0.05, 0) is 79.0 Å². The van der Waals surface area contributed by atoms with Crippen LogP contribution in [0.15, 0.2) is 66.9 Å². The van der Waals surface area contributed by atoms with Crippen molar-refractivity contribution in [3.8, 4) is 22.5 Å². The molecule has 4 aromatic rings. The molecule has 13 nitrogen and oxygen atoms in total. The second-order valence-electron chi connectivity index (χ2n) is 14.1. The van der Waals surface area contributed by atoms with Crippen molar-refractivity contribution < 1.29 is 24.0 Å². The first kappa shape index (κ1) is 36.8. The summed E-state index contributed by atoms with van der Waals surface area (Å²) >= 11 is 0. The van der Waals surface area contributed by atoms with Crippen molar-refractivity contribution >= 4 is 35.2 Å². The fourth-order valence-corrected chi connectivity index (χ4v) is 6.56. The molecule has 3 aromatic carbocycles. The van der Waals surface area contributed by atoms with E-state index in [1.165, 1.54) is 24.6 Å². The van der Waals surface area contributed by atoms with Crippen LogP contribution in [0.3, 0.4) is 0 Å². The van der Waals surface area contributed by atoms with E-state index in [1.54, 1.807) is 32.0 Å². The van der Waals surface area contributed by atoms with Crippen molar-refractivity contribution in [2.75, 3.05) is 18.4 Å². The molecular formula is C40H44N8O5. The second kappa shape index (κ2) is 15.3. The number of hydrogen-bond acceptors (Lipinski definition) is 8. The molecule has 2 atom stereocenters. The number of fused-ring (bicyclic) bond motifs is 5. The molecule has 0 radical (unpaired) electrons. The lowest BCUT2D eigenvalue weighted by molar-refractivity contribution is -0.128. The smallest absolute Gasteiger partial charge is 0.255 e. The number of amides is 5. The number of rotatable bonds is 9. The Morgan fingerprint density at radius 3 is 2.42 bits per heavy atom. The lowest BCUT2D eigenvalue weighted by Crippen LogP contribution is -2.49. The monoisotopic (exact) mass is 716 g/mol. The summed E-state index contributed by atoms with van der Waals surface area (Å²) in [5.41, 5.74) is 18.4. The van der Waals surface area contributed by atoms with Crippen LogP contribution in [0.5, 0.6) is 0 Å². The van der Waals surface area contributed by atoms with Crippen LogP contribution >= 0.6 is 0 Å². The van der Waals surface area contributed by atoms with Gasteiger partial charge in [-0.3, -0.25) is 24.0 Å². The highest BCUT2D eigenvalue weighted by molar-refractivity contribution is 6.04. The highest BCUT2D eigenvalue weighted by atomic mass is 16.2. The van der Waals surface area contributed by atoms with Gasteiger partial charge in [-0.1, -0.05) is 61.5 Å². The van der Waals surface area contributed by atoms with E-state index in [0.29, 0.717) is 45.0 Å². The van der Waals surface area contributed by atoms with Crippen molar-refractivity contribution in [2.24, 2.45) is 11.5 Å². The summed E-state index contributed by atoms with van der Waals surface area (Å²) in [6, 6.07) is 17.0. The molecule has 2 heterocycles. The standard InChI is InChI=1S/C40H44N8O5/c1-22-15-25-17-29(27-6-4-5-24(16-27)19-33(49)43-21-34(50)46-32(18-25)36(42)51)35(22)48-39(53)31(11-14-41)47-38(52)30-20-44-37(45-23(30)2)26-7-9-28(10-8-26)40(3)12-13-40/h4-10,15-17,20,31-32H,11-14,18-19,21,41H2,1-3H3,(H2,42,51)(H,43,49)(H,46,50)(H,47,52)(H,48,53)/t31-,32?/m0/s1. The van der Waals surface area contributed by atoms with Gasteiger partial charge in [0.25, 0.3) is 5.91 Å². The maximum absolute atomic E-state index is 14.0. The summed E-state index contributed by atoms with van der Waals surface area (Å²) < 4.78 is 0. The highest BCUT2D eigenvalue weighted by Crippen LogP contribution is 2.47. The van der Waals surface area contributed by atoms with Crippen LogP contribution in [0.4, 0.5) is 5.69 Å². The molecule has 1 fully saturated rings. The third kappa shape index (κ3) is 8.58. The average molecular weight is 717 g/mol. The van der Waals surface area contributed by atoms with Crippen LogP contribution in [0.25, 0.3) is 22.5 Å². The van der Waals surface area contributed by atoms with E-state index in [-0.39, 0.29) is 49.2 Å². The Bertz CT molecular complexity index is 2090. The van der Waals surface area contributed by atoms with Gasteiger partial charge in [0.2, 0.25) is 23.6 Å². The van der Waals surface area contributed by atoms with Crippen LogP contribution in [-0.2, 0) is 37.4 Å². The zero-order valence-corrected chi connectivity index (χ0v) is 30.0. The van der Waals surface area contributed by atoms with E-state index >= 15 is 0 Å². The van der Waals surface area contributed by atoms with E-state index in [9.17, 15) is 24.0 Å². The molecule has 13 heteroatoms. The molecule has 53 heavy (non-hydrogen) atoms. The zero-order valence-electron chi connectivity index (χ0n) is 30.0. The molecule has 1 saturated carbocycles. The number of carbonyl (C=O) groups is 5. The number of carbonyl (C=O) groups excluding carboxylic acids is 5. The third-order valence-corrected chi connectivity index (χ3v) is 9.95. The maximum atomic E-state index is 14.0. The number of benzene rings is 3. The largest absolute Gasteiger partial charge is 0.368 e. The van der Waals surface area contributed by atoms with Crippen LogP contribution < -0.4 is 32.7 Å². The van der Waals surface area contributed by atoms with Crippen molar-refractivity contribution in [1.82, 2.24) is 25.9 Å². The van der Waals surface area contributed by atoms with E-state index in [1.807, 2.05) is 30.3 Å². The predicted octanol–water partition coefficient (Wildman–Crippen LogP) is 2.75. The Morgan fingerprint density at radius 1 is 0.981 bits per heavy atom. The van der Waals surface area contributed by atoms with Crippen molar-refractivity contribution in [3.05, 3.63) is 100 Å². The highest BCUT2D eigenvalue weighted by Gasteiger charge is 2.38. The van der Waals surface area contributed by atoms with E-state index in [0.717, 1.165) is 5.56 Å². The predicted molar refractivity (Wildman–Crippen MR) is 201 cm³/mol. The van der Waals surface area contributed by atoms with Gasteiger partial charge in [-0.2, -0.15) is 0 Å². The number of nitrogens with two attached hydrogens (primary N) is 2. The molecular weight excluding hydrogens is 672 g/mol. The molecule has 0 saturated heterocycles. The molecule has 8 N–H and O–H groups in total. The number of primary amides is 1. The minimum Gasteiger partial charge on any atom is -0.368 e. The number of aromatic nitrogens is 2. The van der Waals surface area contributed by atoms with Crippen molar-refractivity contribution in [2.45, 2.75) is 70.4 Å². The van der Waals surface area contributed by atoms with Gasteiger partial charge in [-0.25, -0.2) is 9.97 Å². The molecule has 5 amide bonds. The summed E-state index contributed by atoms with van der Waals surface area (Å²) in [6.07, 6.45) is 4.05. The molecule has 6 rings (SSSR count). The van der Waals surface area contributed by atoms with Gasteiger partial charge < -0.3 is 32.7 Å². The van der Waals surface area contributed by atoms with Gasteiger partial charge >= 0.3 is 0 Å². The molecule has 1 aromatic heterocycles. The van der Waals surface area contributed by atoms with Gasteiger partial charge in [0.15, 0.2) is 5.82 Å². The Balaban J connectivity index is 1.26. The van der Waals surface area contributed by atoms with E-state index in [4.69, 9.17) is 11.5 Å². The quantitative estimate of drug-likeness (QED) is 0.151. The first-order valence-electron chi connectivity index (χ1n) is 17.7. The molecule has 2 aliphatic rings. The Morgan fingerprint density at radius 2 is 1.74 bits per heavy atom. The van der Waals surface area contributed by atoms with Crippen LogP contribution in [0, 0.1) is 13.8 Å². The Hall–Kier alpha value is -5.95. The van der Waals surface area contributed by atoms with E-state index in [2.05, 4.69) is 50.3 Å². The summed E-state index contributed by atoms with van der Waals surface area (Å²) in [5, 5.41) is 11.0. The normalized spacial score (nSPS) is 17.0. The number of nitrogens with one attached hydrogen (secondary N) is 4. The number of anilines is 1. The van der Waals surface area contributed by atoms with Crippen LogP contribution in [-0.4, -0.2) is 64.7 Å². The van der Waals surface area contributed by atoms with Crippen LogP contribution in [0.1, 0.15) is 64.5 Å². The van der Waals surface area contributed by atoms with Gasteiger partial charge in [-0.15, -0.1) is 0 Å². The third-order valence-electron chi connectivity index (χ3n) is 9.95. The van der Waals surface area contributed by atoms with Crippen molar-refractivity contribution in [1.29, 1.82) is 0 Å².